The van der Waals surface area contributed by atoms with E-state index in [4.69, 9.17) is 4.42 Å². The number of hydrogen-bond donors (Lipinski definition) is 2. The molecule has 0 fully saturated rings. The van der Waals surface area contributed by atoms with Crippen LogP contribution in [0.2, 0.25) is 0 Å². The van der Waals surface area contributed by atoms with Crippen molar-refractivity contribution in [2.24, 2.45) is 0 Å². The maximum absolute atomic E-state index is 5.27. The molecule has 0 saturated heterocycles. The highest BCUT2D eigenvalue weighted by atomic mass is 16.3. The number of furan rings is 1. The summed E-state index contributed by atoms with van der Waals surface area (Å²) >= 11 is 0. The van der Waals surface area contributed by atoms with Crippen molar-refractivity contribution in [2.45, 2.75) is 26.4 Å². The van der Waals surface area contributed by atoms with Crippen LogP contribution in [-0.4, -0.2) is 16.0 Å². The van der Waals surface area contributed by atoms with Crippen molar-refractivity contribution in [2.75, 3.05) is 0 Å². The van der Waals surface area contributed by atoms with E-state index in [2.05, 4.69) is 29.1 Å². The van der Waals surface area contributed by atoms with Gasteiger partial charge in [-0.1, -0.05) is 13.8 Å². The van der Waals surface area contributed by atoms with Gasteiger partial charge in [0.1, 0.15) is 11.5 Å². The van der Waals surface area contributed by atoms with Gasteiger partial charge in [-0.15, -0.1) is 0 Å². The van der Waals surface area contributed by atoms with Crippen LogP contribution in [0.1, 0.15) is 19.7 Å². The predicted molar refractivity (Wildman–Crippen MR) is 58.3 cm³/mol. The Morgan fingerprint density at radius 3 is 3.07 bits per heavy atom. The molecule has 4 heteroatoms. The number of imidazole rings is 1. The van der Waals surface area contributed by atoms with E-state index in [-0.39, 0.29) is 0 Å². The number of H-pyrrole nitrogens is 1. The number of nitrogens with zero attached hydrogens (tertiary/aromatic N) is 1. The summed E-state index contributed by atoms with van der Waals surface area (Å²) in [4.78, 5) is 7.47. The zero-order valence-corrected chi connectivity index (χ0v) is 8.95. The lowest BCUT2D eigenvalue weighted by Crippen LogP contribution is -2.22. The maximum Gasteiger partial charge on any atom is 0.151 e. The Balaban J connectivity index is 2.04. The van der Waals surface area contributed by atoms with Crippen molar-refractivity contribution >= 4 is 0 Å². The zero-order valence-electron chi connectivity index (χ0n) is 8.95. The molecule has 2 N–H and O–H groups in total. The SMILES string of the molecule is CC(C)NCc1ncc(-c2ccco2)[nH]1. The van der Waals surface area contributed by atoms with Gasteiger partial charge in [-0.05, 0) is 12.1 Å². The van der Waals surface area contributed by atoms with Crippen LogP contribution in [0.25, 0.3) is 11.5 Å². The van der Waals surface area contributed by atoms with Gasteiger partial charge in [0.25, 0.3) is 0 Å². The third kappa shape index (κ3) is 2.47. The molecule has 0 aliphatic carbocycles. The molecule has 0 atom stereocenters. The Labute approximate surface area is 88.7 Å². The number of nitrogens with one attached hydrogen (secondary N) is 2. The molecule has 2 rings (SSSR count). The normalized spacial score (nSPS) is 11.1. The van der Waals surface area contributed by atoms with Crippen LogP contribution < -0.4 is 5.32 Å². The molecule has 0 aromatic carbocycles. The number of rotatable bonds is 4. The first kappa shape index (κ1) is 9.98. The molecular weight excluding hydrogens is 190 g/mol. The summed E-state index contributed by atoms with van der Waals surface area (Å²) in [7, 11) is 0. The van der Waals surface area contributed by atoms with Crippen LogP contribution >= 0.6 is 0 Å². The fourth-order valence-corrected chi connectivity index (χ4v) is 1.31. The van der Waals surface area contributed by atoms with Crippen LogP contribution in [0.4, 0.5) is 0 Å². The molecule has 0 unspecified atom stereocenters. The highest BCUT2D eigenvalue weighted by Gasteiger charge is 2.05. The van der Waals surface area contributed by atoms with E-state index < -0.39 is 0 Å². The molecule has 2 aromatic heterocycles. The van der Waals surface area contributed by atoms with Crippen LogP contribution in [0.15, 0.2) is 29.0 Å². The lowest BCUT2D eigenvalue weighted by atomic mass is 10.3. The van der Waals surface area contributed by atoms with E-state index in [1.165, 1.54) is 0 Å². The average Bonchev–Trinajstić information content (AvgIpc) is 2.85. The van der Waals surface area contributed by atoms with Crippen LogP contribution in [-0.2, 0) is 6.54 Å². The van der Waals surface area contributed by atoms with E-state index in [9.17, 15) is 0 Å². The molecule has 0 aliphatic heterocycles. The molecule has 2 heterocycles. The standard InChI is InChI=1S/C11H15N3O/c1-8(2)12-7-11-13-6-9(14-11)10-4-3-5-15-10/h3-6,8,12H,7H2,1-2H3,(H,13,14). The van der Waals surface area contributed by atoms with Gasteiger partial charge in [0.05, 0.1) is 19.0 Å². The van der Waals surface area contributed by atoms with Crippen molar-refractivity contribution in [3.05, 3.63) is 30.4 Å². The molecule has 15 heavy (non-hydrogen) atoms. The summed E-state index contributed by atoms with van der Waals surface area (Å²) in [5.74, 6) is 1.74. The van der Waals surface area contributed by atoms with E-state index in [1.54, 1.807) is 12.5 Å². The van der Waals surface area contributed by atoms with E-state index >= 15 is 0 Å². The molecule has 2 aromatic rings. The molecule has 0 bridgehead atoms. The molecule has 0 saturated carbocycles. The van der Waals surface area contributed by atoms with Gasteiger partial charge in [0, 0.05) is 6.04 Å². The van der Waals surface area contributed by atoms with E-state index in [1.807, 2.05) is 12.1 Å². The first-order chi connectivity index (χ1) is 7.25. The van der Waals surface area contributed by atoms with Gasteiger partial charge in [0.15, 0.2) is 5.76 Å². The summed E-state index contributed by atoms with van der Waals surface area (Å²) in [5, 5.41) is 3.30. The van der Waals surface area contributed by atoms with Gasteiger partial charge in [-0.2, -0.15) is 0 Å². The second kappa shape index (κ2) is 4.31. The fraction of sp³-hybridized carbons (Fsp3) is 0.364. The quantitative estimate of drug-likeness (QED) is 0.804. The molecule has 0 aliphatic rings. The summed E-state index contributed by atoms with van der Waals surface area (Å²) in [6.45, 7) is 4.96. The monoisotopic (exact) mass is 205 g/mol. The Bertz CT molecular complexity index is 403. The lowest BCUT2D eigenvalue weighted by Gasteiger charge is -2.04. The number of aromatic amines is 1. The molecule has 0 amide bonds. The third-order valence-electron chi connectivity index (χ3n) is 2.09. The second-order valence-electron chi connectivity index (χ2n) is 3.76. The first-order valence-corrected chi connectivity index (χ1v) is 5.07. The molecular formula is C11H15N3O. The number of hydrogen-bond acceptors (Lipinski definition) is 3. The Hall–Kier alpha value is -1.55. The van der Waals surface area contributed by atoms with Crippen LogP contribution in [0.3, 0.4) is 0 Å². The minimum absolute atomic E-state index is 0.460. The highest BCUT2D eigenvalue weighted by molar-refractivity contribution is 5.50. The highest BCUT2D eigenvalue weighted by Crippen LogP contribution is 2.16. The Morgan fingerprint density at radius 1 is 1.53 bits per heavy atom. The minimum Gasteiger partial charge on any atom is -0.463 e. The summed E-state index contributed by atoms with van der Waals surface area (Å²) in [5.41, 5.74) is 0.917. The topological polar surface area (TPSA) is 53.9 Å². The molecule has 0 spiro atoms. The van der Waals surface area contributed by atoms with E-state index in [0.29, 0.717) is 6.04 Å². The summed E-state index contributed by atoms with van der Waals surface area (Å²) in [6, 6.07) is 4.23. The summed E-state index contributed by atoms with van der Waals surface area (Å²) in [6.07, 6.45) is 3.44. The average molecular weight is 205 g/mol. The minimum atomic E-state index is 0.460. The lowest BCUT2D eigenvalue weighted by molar-refractivity contribution is 0.572. The first-order valence-electron chi connectivity index (χ1n) is 5.07. The van der Waals surface area contributed by atoms with Gasteiger partial charge in [0.2, 0.25) is 0 Å². The molecule has 4 nitrogen and oxygen atoms in total. The maximum atomic E-state index is 5.27. The van der Waals surface area contributed by atoms with Crippen molar-refractivity contribution < 1.29 is 4.42 Å². The summed E-state index contributed by atoms with van der Waals surface area (Å²) < 4.78 is 5.27. The van der Waals surface area contributed by atoms with Gasteiger partial charge >= 0.3 is 0 Å². The van der Waals surface area contributed by atoms with Crippen molar-refractivity contribution in [3.63, 3.8) is 0 Å². The zero-order chi connectivity index (χ0) is 10.7. The number of aromatic nitrogens is 2. The molecule has 80 valence electrons. The molecule has 0 radical (unpaired) electrons. The largest absolute Gasteiger partial charge is 0.463 e. The third-order valence-corrected chi connectivity index (χ3v) is 2.09. The van der Waals surface area contributed by atoms with Gasteiger partial charge < -0.3 is 14.7 Å². The Morgan fingerprint density at radius 2 is 2.40 bits per heavy atom. The fourth-order valence-electron chi connectivity index (χ4n) is 1.31. The smallest absolute Gasteiger partial charge is 0.151 e. The van der Waals surface area contributed by atoms with Crippen LogP contribution in [0, 0.1) is 0 Å². The van der Waals surface area contributed by atoms with Crippen LogP contribution in [0.5, 0.6) is 0 Å². The Kier molecular flexibility index (Phi) is 2.87. The van der Waals surface area contributed by atoms with Gasteiger partial charge in [-0.3, -0.25) is 0 Å². The van der Waals surface area contributed by atoms with Crippen molar-refractivity contribution in [1.82, 2.24) is 15.3 Å². The van der Waals surface area contributed by atoms with E-state index in [0.717, 1.165) is 23.8 Å². The predicted octanol–water partition coefficient (Wildman–Crippen LogP) is 2.17. The van der Waals surface area contributed by atoms with Crippen molar-refractivity contribution in [3.8, 4) is 11.5 Å². The van der Waals surface area contributed by atoms with Gasteiger partial charge in [-0.25, -0.2) is 4.98 Å². The second-order valence-corrected chi connectivity index (χ2v) is 3.76. The van der Waals surface area contributed by atoms with Crippen molar-refractivity contribution in [1.29, 1.82) is 0 Å².